The van der Waals surface area contributed by atoms with Crippen LogP contribution >= 0.6 is 0 Å². The van der Waals surface area contributed by atoms with Gasteiger partial charge in [-0.2, -0.15) is 4.31 Å². The van der Waals surface area contributed by atoms with Gasteiger partial charge in [-0.15, -0.1) is 0 Å². The van der Waals surface area contributed by atoms with Crippen LogP contribution in [0.15, 0.2) is 54.6 Å². The van der Waals surface area contributed by atoms with Crippen LogP contribution in [0.25, 0.3) is 11.4 Å². The first-order valence-corrected chi connectivity index (χ1v) is 13.4. The highest BCUT2D eigenvalue weighted by Crippen LogP contribution is 2.30. The van der Waals surface area contributed by atoms with Crippen LogP contribution < -0.4 is 9.64 Å². The van der Waals surface area contributed by atoms with Crippen LogP contribution in [-0.2, 0) is 27.8 Å². The lowest BCUT2D eigenvalue weighted by Gasteiger charge is -2.36. The molecule has 9 heteroatoms. The van der Waals surface area contributed by atoms with Gasteiger partial charge < -0.3 is 14.4 Å². The SMILES string of the molecule is CCS(=O)(=O)N1CCN(c2nc(-c3ccccc3)nc(COC)c2Cc2ccc(OC)cc2)CC1. The average Bonchev–Trinajstić information content (AvgIpc) is 2.90. The number of piperazine rings is 1. The molecule has 1 aliphatic heterocycles. The zero-order chi connectivity index (χ0) is 24.8. The maximum atomic E-state index is 12.4. The Bertz CT molecular complexity index is 1230. The van der Waals surface area contributed by atoms with E-state index in [1.807, 2.05) is 54.6 Å². The topological polar surface area (TPSA) is 84.9 Å². The van der Waals surface area contributed by atoms with Crippen LogP contribution in [0.1, 0.15) is 23.7 Å². The predicted octanol–water partition coefficient (Wildman–Crippen LogP) is 3.36. The second kappa shape index (κ2) is 11.2. The van der Waals surface area contributed by atoms with E-state index < -0.39 is 10.0 Å². The first kappa shape index (κ1) is 25.1. The minimum Gasteiger partial charge on any atom is -0.497 e. The van der Waals surface area contributed by atoms with E-state index in [0.717, 1.165) is 34.0 Å². The normalized spacial score (nSPS) is 14.8. The van der Waals surface area contributed by atoms with Gasteiger partial charge in [-0.05, 0) is 24.6 Å². The molecule has 0 unspecified atom stereocenters. The number of nitrogens with zero attached hydrogens (tertiary/aromatic N) is 4. The first-order valence-electron chi connectivity index (χ1n) is 11.7. The van der Waals surface area contributed by atoms with Gasteiger partial charge in [0.25, 0.3) is 0 Å². The lowest BCUT2D eigenvalue weighted by molar-refractivity contribution is 0.180. The molecule has 0 bridgehead atoms. The Kier molecular flexibility index (Phi) is 8.00. The minimum absolute atomic E-state index is 0.110. The van der Waals surface area contributed by atoms with Crippen molar-refractivity contribution in [2.75, 3.05) is 51.1 Å². The van der Waals surface area contributed by atoms with Gasteiger partial charge in [0.1, 0.15) is 11.6 Å². The monoisotopic (exact) mass is 496 g/mol. The summed E-state index contributed by atoms with van der Waals surface area (Å²) in [5.74, 6) is 2.37. The second-order valence-corrected chi connectivity index (χ2v) is 10.7. The van der Waals surface area contributed by atoms with Crippen molar-refractivity contribution < 1.29 is 17.9 Å². The van der Waals surface area contributed by atoms with Gasteiger partial charge in [0.15, 0.2) is 5.82 Å². The number of methoxy groups -OCH3 is 2. The molecule has 186 valence electrons. The van der Waals surface area contributed by atoms with Crippen LogP contribution in [0.3, 0.4) is 0 Å². The average molecular weight is 497 g/mol. The van der Waals surface area contributed by atoms with E-state index in [4.69, 9.17) is 19.4 Å². The largest absolute Gasteiger partial charge is 0.497 e. The fourth-order valence-corrected chi connectivity index (χ4v) is 5.33. The number of ether oxygens (including phenoxy) is 2. The van der Waals surface area contributed by atoms with E-state index in [0.29, 0.717) is 45.0 Å². The molecule has 4 rings (SSSR count). The van der Waals surface area contributed by atoms with E-state index in [1.165, 1.54) is 0 Å². The quantitative estimate of drug-likeness (QED) is 0.449. The maximum Gasteiger partial charge on any atom is 0.213 e. The zero-order valence-corrected chi connectivity index (χ0v) is 21.3. The molecule has 8 nitrogen and oxygen atoms in total. The van der Waals surface area contributed by atoms with E-state index in [2.05, 4.69) is 4.90 Å². The predicted molar refractivity (Wildman–Crippen MR) is 137 cm³/mol. The van der Waals surface area contributed by atoms with E-state index in [-0.39, 0.29) is 5.75 Å². The highest BCUT2D eigenvalue weighted by Gasteiger charge is 2.28. The first-order chi connectivity index (χ1) is 16.9. The molecular weight excluding hydrogens is 464 g/mol. The molecule has 0 N–H and O–H groups in total. The number of hydrogen-bond donors (Lipinski definition) is 0. The van der Waals surface area contributed by atoms with Crippen molar-refractivity contribution in [3.8, 4) is 17.1 Å². The third kappa shape index (κ3) is 5.80. The minimum atomic E-state index is -3.22. The van der Waals surface area contributed by atoms with Crippen LogP contribution in [0.2, 0.25) is 0 Å². The molecule has 3 aromatic rings. The molecular formula is C26H32N4O4S. The molecule has 0 spiro atoms. The van der Waals surface area contributed by atoms with Gasteiger partial charge >= 0.3 is 0 Å². The van der Waals surface area contributed by atoms with Gasteiger partial charge in [-0.3, -0.25) is 0 Å². The van der Waals surface area contributed by atoms with Crippen molar-refractivity contribution in [1.29, 1.82) is 0 Å². The summed E-state index contributed by atoms with van der Waals surface area (Å²) in [4.78, 5) is 12.1. The van der Waals surface area contributed by atoms with Crippen LogP contribution in [-0.4, -0.2) is 68.8 Å². The van der Waals surface area contributed by atoms with Gasteiger partial charge in [0.2, 0.25) is 10.0 Å². The summed E-state index contributed by atoms with van der Waals surface area (Å²) >= 11 is 0. The Labute approximate surface area is 207 Å². The summed E-state index contributed by atoms with van der Waals surface area (Å²) in [6, 6.07) is 17.8. The molecule has 0 saturated carbocycles. The summed E-state index contributed by atoms with van der Waals surface area (Å²) in [5.41, 5.74) is 3.85. The highest BCUT2D eigenvalue weighted by molar-refractivity contribution is 7.89. The molecule has 1 fully saturated rings. The zero-order valence-electron chi connectivity index (χ0n) is 20.5. The maximum absolute atomic E-state index is 12.4. The van der Waals surface area contributed by atoms with E-state index >= 15 is 0 Å². The van der Waals surface area contributed by atoms with E-state index in [9.17, 15) is 8.42 Å². The van der Waals surface area contributed by atoms with Gasteiger partial charge in [0.05, 0.1) is 25.2 Å². The van der Waals surface area contributed by atoms with Crippen molar-refractivity contribution >= 4 is 15.8 Å². The van der Waals surface area contributed by atoms with Crippen molar-refractivity contribution in [3.63, 3.8) is 0 Å². The molecule has 35 heavy (non-hydrogen) atoms. The Morgan fingerprint density at radius 1 is 0.914 bits per heavy atom. The summed E-state index contributed by atoms with van der Waals surface area (Å²) < 4.78 is 37.2. The fraction of sp³-hybridized carbons (Fsp3) is 0.385. The molecule has 1 aliphatic rings. The number of sulfonamides is 1. The Hall–Kier alpha value is -3.01. The number of hydrogen-bond acceptors (Lipinski definition) is 7. The summed E-state index contributed by atoms with van der Waals surface area (Å²) in [5, 5.41) is 0. The summed E-state index contributed by atoms with van der Waals surface area (Å²) in [6.07, 6.45) is 0.626. The second-order valence-electron chi connectivity index (χ2n) is 8.41. The molecule has 2 aromatic carbocycles. The van der Waals surface area contributed by atoms with Crippen LogP contribution in [0.4, 0.5) is 5.82 Å². The van der Waals surface area contributed by atoms with Gasteiger partial charge in [-0.25, -0.2) is 18.4 Å². The lowest BCUT2D eigenvalue weighted by atomic mass is 10.0. The smallest absolute Gasteiger partial charge is 0.213 e. The molecule has 2 heterocycles. The highest BCUT2D eigenvalue weighted by atomic mass is 32.2. The Morgan fingerprint density at radius 3 is 2.20 bits per heavy atom. The van der Waals surface area contributed by atoms with Gasteiger partial charge in [-0.1, -0.05) is 42.5 Å². The van der Waals surface area contributed by atoms with Gasteiger partial charge in [0, 0.05) is 50.8 Å². The molecule has 0 aliphatic carbocycles. The fourth-order valence-electron chi connectivity index (χ4n) is 4.24. The van der Waals surface area contributed by atoms with Crippen LogP contribution in [0, 0.1) is 0 Å². The van der Waals surface area contributed by atoms with Crippen molar-refractivity contribution in [2.24, 2.45) is 0 Å². The van der Waals surface area contributed by atoms with Crippen molar-refractivity contribution in [3.05, 3.63) is 71.4 Å². The van der Waals surface area contributed by atoms with E-state index in [1.54, 1.807) is 25.4 Å². The summed E-state index contributed by atoms with van der Waals surface area (Å²) in [7, 11) is 0.0953. The molecule has 1 aromatic heterocycles. The molecule has 1 saturated heterocycles. The number of benzene rings is 2. The number of rotatable bonds is 9. The molecule has 0 atom stereocenters. The third-order valence-corrected chi connectivity index (χ3v) is 8.10. The van der Waals surface area contributed by atoms with Crippen LogP contribution in [0.5, 0.6) is 5.75 Å². The number of aromatic nitrogens is 2. The Balaban J connectivity index is 1.75. The molecule has 0 radical (unpaired) electrons. The van der Waals surface area contributed by atoms with Crippen molar-refractivity contribution in [2.45, 2.75) is 20.0 Å². The Morgan fingerprint density at radius 2 is 1.60 bits per heavy atom. The molecule has 0 amide bonds. The third-order valence-electron chi connectivity index (χ3n) is 6.22. The summed E-state index contributed by atoms with van der Waals surface area (Å²) in [6.45, 7) is 4.02. The lowest BCUT2D eigenvalue weighted by Crippen LogP contribution is -2.49. The standard InChI is InChI=1S/C26H32N4O4S/c1-4-35(31,32)30-16-14-29(15-17-30)26-23(18-20-10-12-22(34-3)13-11-20)24(19-33-2)27-25(28-26)21-8-6-5-7-9-21/h5-13H,4,14-19H2,1-3H3. The van der Waals surface area contributed by atoms with Crippen molar-refractivity contribution in [1.82, 2.24) is 14.3 Å². The number of anilines is 1.